The second kappa shape index (κ2) is 2.46. The smallest absolute Gasteiger partial charge is 0.0606 e. The van der Waals surface area contributed by atoms with Crippen LogP contribution in [0.15, 0.2) is 29.3 Å². The standard InChI is InChI=1S/C7H9N/c1-2-3-7-4-5-8-6-7/h2,4-5H,1,3,6H2. The van der Waals surface area contributed by atoms with Crippen molar-refractivity contribution in [1.29, 1.82) is 0 Å². The van der Waals surface area contributed by atoms with Crippen molar-refractivity contribution < 1.29 is 0 Å². The number of aliphatic imine (C=N–C) groups is 1. The molecule has 0 saturated heterocycles. The molecule has 1 aliphatic heterocycles. The van der Waals surface area contributed by atoms with Crippen molar-refractivity contribution in [2.45, 2.75) is 6.42 Å². The van der Waals surface area contributed by atoms with E-state index in [0.29, 0.717) is 0 Å². The van der Waals surface area contributed by atoms with Gasteiger partial charge in [0, 0.05) is 6.21 Å². The Morgan fingerprint density at radius 2 is 2.75 bits per heavy atom. The van der Waals surface area contributed by atoms with Crippen molar-refractivity contribution in [3.63, 3.8) is 0 Å². The minimum Gasteiger partial charge on any atom is -0.289 e. The van der Waals surface area contributed by atoms with Crippen LogP contribution in [-0.4, -0.2) is 12.8 Å². The summed E-state index contributed by atoms with van der Waals surface area (Å²) in [5.41, 5.74) is 1.36. The predicted octanol–water partition coefficient (Wildman–Crippen LogP) is 1.57. The highest BCUT2D eigenvalue weighted by atomic mass is 14.7. The molecule has 8 heavy (non-hydrogen) atoms. The van der Waals surface area contributed by atoms with Gasteiger partial charge in [-0.15, -0.1) is 6.58 Å². The van der Waals surface area contributed by atoms with Crippen LogP contribution in [0.1, 0.15) is 6.42 Å². The first kappa shape index (κ1) is 5.29. The first-order valence-electron chi connectivity index (χ1n) is 2.72. The van der Waals surface area contributed by atoms with Crippen LogP contribution in [0.5, 0.6) is 0 Å². The first-order chi connectivity index (χ1) is 3.93. The molecule has 0 saturated carbocycles. The number of hydrogen-bond donors (Lipinski definition) is 0. The molecule has 0 N–H and O–H groups in total. The summed E-state index contributed by atoms with van der Waals surface area (Å²) < 4.78 is 0. The summed E-state index contributed by atoms with van der Waals surface area (Å²) >= 11 is 0. The molecular weight excluding hydrogens is 98.1 g/mol. The van der Waals surface area contributed by atoms with Crippen LogP contribution in [0, 0.1) is 0 Å². The Hall–Kier alpha value is -0.850. The minimum absolute atomic E-state index is 0.881. The predicted molar refractivity (Wildman–Crippen MR) is 36.3 cm³/mol. The fraction of sp³-hybridized carbons (Fsp3) is 0.286. The Morgan fingerprint density at radius 3 is 3.25 bits per heavy atom. The number of nitrogens with zero attached hydrogens (tertiary/aromatic N) is 1. The number of hydrogen-bond acceptors (Lipinski definition) is 1. The van der Waals surface area contributed by atoms with Gasteiger partial charge in [0.2, 0.25) is 0 Å². The monoisotopic (exact) mass is 107 g/mol. The van der Waals surface area contributed by atoms with E-state index >= 15 is 0 Å². The third-order valence-corrected chi connectivity index (χ3v) is 1.12. The molecule has 0 fully saturated rings. The van der Waals surface area contributed by atoms with Gasteiger partial charge < -0.3 is 0 Å². The van der Waals surface area contributed by atoms with Crippen LogP contribution in [0.4, 0.5) is 0 Å². The highest BCUT2D eigenvalue weighted by Crippen LogP contribution is 2.04. The lowest BCUT2D eigenvalue weighted by atomic mass is 10.2. The Balaban J connectivity index is 2.39. The zero-order valence-electron chi connectivity index (χ0n) is 4.80. The zero-order valence-corrected chi connectivity index (χ0v) is 4.80. The van der Waals surface area contributed by atoms with Gasteiger partial charge in [0.25, 0.3) is 0 Å². The quantitative estimate of drug-likeness (QED) is 0.475. The summed E-state index contributed by atoms with van der Waals surface area (Å²) in [5.74, 6) is 0. The Morgan fingerprint density at radius 1 is 1.88 bits per heavy atom. The fourth-order valence-corrected chi connectivity index (χ4v) is 0.699. The third kappa shape index (κ3) is 1.06. The molecule has 0 amide bonds. The van der Waals surface area contributed by atoms with Gasteiger partial charge >= 0.3 is 0 Å². The second-order valence-electron chi connectivity index (χ2n) is 1.81. The molecule has 0 radical (unpaired) electrons. The molecule has 42 valence electrons. The van der Waals surface area contributed by atoms with Crippen molar-refractivity contribution in [1.82, 2.24) is 0 Å². The summed E-state index contributed by atoms with van der Waals surface area (Å²) in [6.07, 6.45) is 6.78. The molecule has 0 aromatic heterocycles. The highest BCUT2D eigenvalue weighted by molar-refractivity contribution is 5.75. The van der Waals surface area contributed by atoms with Crippen LogP contribution in [0.25, 0.3) is 0 Å². The molecule has 0 aromatic carbocycles. The van der Waals surface area contributed by atoms with E-state index in [1.807, 2.05) is 18.4 Å². The molecule has 0 spiro atoms. The molecule has 1 aliphatic rings. The molecule has 1 heterocycles. The van der Waals surface area contributed by atoms with E-state index in [2.05, 4.69) is 11.6 Å². The maximum Gasteiger partial charge on any atom is 0.0606 e. The average Bonchev–Trinajstić information content (AvgIpc) is 2.19. The molecular formula is C7H9N. The molecule has 1 heteroatoms. The van der Waals surface area contributed by atoms with Crippen molar-refractivity contribution in [3.05, 3.63) is 24.3 Å². The van der Waals surface area contributed by atoms with Crippen molar-refractivity contribution in [2.24, 2.45) is 4.99 Å². The lowest BCUT2D eigenvalue weighted by molar-refractivity contribution is 1.10. The van der Waals surface area contributed by atoms with Gasteiger partial charge in [-0.3, -0.25) is 4.99 Å². The van der Waals surface area contributed by atoms with E-state index in [4.69, 9.17) is 0 Å². The zero-order chi connectivity index (χ0) is 5.82. The maximum absolute atomic E-state index is 4.02. The topological polar surface area (TPSA) is 12.4 Å². The number of allylic oxidation sites excluding steroid dienone is 2. The molecule has 0 aliphatic carbocycles. The molecule has 0 bridgehead atoms. The molecule has 0 unspecified atom stereocenters. The van der Waals surface area contributed by atoms with Crippen molar-refractivity contribution in [3.8, 4) is 0 Å². The maximum atomic E-state index is 4.02. The fourth-order valence-electron chi connectivity index (χ4n) is 0.699. The van der Waals surface area contributed by atoms with Gasteiger partial charge in [0.1, 0.15) is 0 Å². The van der Waals surface area contributed by atoms with Gasteiger partial charge in [-0.1, -0.05) is 6.08 Å². The Bertz CT molecular complexity index is 142. The van der Waals surface area contributed by atoms with Gasteiger partial charge in [-0.2, -0.15) is 0 Å². The minimum atomic E-state index is 0.881. The normalized spacial score (nSPS) is 16.2. The van der Waals surface area contributed by atoms with Crippen LogP contribution in [0.3, 0.4) is 0 Å². The lowest BCUT2D eigenvalue weighted by Gasteiger charge is -1.89. The van der Waals surface area contributed by atoms with Crippen molar-refractivity contribution in [2.75, 3.05) is 6.54 Å². The van der Waals surface area contributed by atoms with E-state index in [0.717, 1.165) is 13.0 Å². The average molecular weight is 107 g/mol. The van der Waals surface area contributed by atoms with Crippen LogP contribution < -0.4 is 0 Å². The molecule has 0 atom stereocenters. The van der Waals surface area contributed by atoms with Gasteiger partial charge in [-0.05, 0) is 18.1 Å². The van der Waals surface area contributed by atoms with E-state index in [1.165, 1.54) is 5.57 Å². The first-order valence-corrected chi connectivity index (χ1v) is 2.72. The summed E-state index contributed by atoms with van der Waals surface area (Å²) in [7, 11) is 0. The third-order valence-electron chi connectivity index (χ3n) is 1.12. The molecule has 1 rings (SSSR count). The van der Waals surface area contributed by atoms with Gasteiger partial charge in [-0.25, -0.2) is 0 Å². The van der Waals surface area contributed by atoms with E-state index < -0.39 is 0 Å². The lowest BCUT2D eigenvalue weighted by Crippen LogP contribution is -1.78. The van der Waals surface area contributed by atoms with E-state index in [-0.39, 0.29) is 0 Å². The van der Waals surface area contributed by atoms with Crippen LogP contribution >= 0.6 is 0 Å². The Labute approximate surface area is 49.4 Å². The van der Waals surface area contributed by atoms with E-state index in [9.17, 15) is 0 Å². The summed E-state index contributed by atoms with van der Waals surface area (Å²) in [6, 6.07) is 0. The molecule has 1 nitrogen and oxygen atoms in total. The Kier molecular flexibility index (Phi) is 1.62. The van der Waals surface area contributed by atoms with Gasteiger partial charge in [0.15, 0.2) is 0 Å². The van der Waals surface area contributed by atoms with E-state index in [1.54, 1.807) is 0 Å². The molecule has 0 aromatic rings. The van der Waals surface area contributed by atoms with Crippen molar-refractivity contribution >= 4 is 6.21 Å². The summed E-state index contributed by atoms with van der Waals surface area (Å²) in [6.45, 7) is 4.51. The summed E-state index contributed by atoms with van der Waals surface area (Å²) in [5, 5.41) is 0. The largest absolute Gasteiger partial charge is 0.289 e. The highest BCUT2D eigenvalue weighted by Gasteiger charge is 1.94. The van der Waals surface area contributed by atoms with Gasteiger partial charge in [0.05, 0.1) is 6.54 Å². The second-order valence-corrected chi connectivity index (χ2v) is 1.81. The van der Waals surface area contributed by atoms with Crippen LogP contribution in [0.2, 0.25) is 0 Å². The van der Waals surface area contributed by atoms with Crippen LogP contribution in [-0.2, 0) is 0 Å². The summed E-state index contributed by atoms with van der Waals surface area (Å²) in [4.78, 5) is 4.02. The number of rotatable bonds is 2. The SMILES string of the molecule is C=CCC1=CC=NC1.